The molecule has 1 amide bonds. The topological polar surface area (TPSA) is 72.7 Å². The summed E-state index contributed by atoms with van der Waals surface area (Å²) >= 11 is 0. The quantitative estimate of drug-likeness (QED) is 0.800. The van der Waals surface area contributed by atoms with E-state index >= 15 is 0 Å². The van der Waals surface area contributed by atoms with Crippen molar-refractivity contribution in [3.8, 4) is 5.69 Å². The fourth-order valence-electron chi connectivity index (χ4n) is 2.24. The van der Waals surface area contributed by atoms with Crippen molar-refractivity contribution in [1.29, 1.82) is 0 Å². The molecule has 0 fully saturated rings. The van der Waals surface area contributed by atoms with E-state index in [0.29, 0.717) is 11.3 Å². The summed E-state index contributed by atoms with van der Waals surface area (Å²) in [6.07, 6.45) is 1.47. The van der Waals surface area contributed by atoms with Gasteiger partial charge in [-0.05, 0) is 35.0 Å². The van der Waals surface area contributed by atoms with E-state index < -0.39 is 0 Å². The summed E-state index contributed by atoms with van der Waals surface area (Å²) < 4.78 is 1.47. The number of rotatable bonds is 4. The average molecular weight is 293 g/mol. The molecule has 22 heavy (non-hydrogen) atoms. The van der Waals surface area contributed by atoms with Gasteiger partial charge in [-0.15, -0.1) is 5.10 Å². The van der Waals surface area contributed by atoms with Crippen LogP contribution in [0.2, 0.25) is 0 Å². The summed E-state index contributed by atoms with van der Waals surface area (Å²) in [5, 5.41) is 14.1. The van der Waals surface area contributed by atoms with Crippen molar-refractivity contribution >= 4 is 5.91 Å². The molecule has 0 aliphatic rings. The van der Waals surface area contributed by atoms with Crippen LogP contribution in [0.4, 0.5) is 0 Å². The molecule has 1 aromatic heterocycles. The van der Waals surface area contributed by atoms with Crippen LogP contribution in [-0.2, 0) is 0 Å². The van der Waals surface area contributed by atoms with Gasteiger partial charge in [-0.25, -0.2) is 0 Å². The molecular weight excluding hydrogens is 278 g/mol. The number of nitrogens with one attached hydrogen (secondary N) is 1. The number of aromatic nitrogens is 4. The Balaban J connectivity index is 1.84. The Labute approximate surface area is 127 Å². The minimum Gasteiger partial charge on any atom is -0.345 e. The number of carbonyl (C=O) groups is 1. The molecular formula is C16H15N5O. The number of amides is 1. The van der Waals surface area contributed by atoms with E-state index in [1.807, 2.05) is 49.4 Å². The Hall–Kier alpha value is -3.02. The highest BCUT2D eigenvalue weighted by atomic mass is 16.1. The minimum atomic E-state index is -0.164. The minimum absolute atomic E-state index is 0.0874. The number of hydrogen-bond donors (Lipinski definition) is 1. The van der Waals surface area contributed by atoms with E-state index in [0.717, 1.165) is 5.56 Å². The lowest BCUT2D eigenvalue weighted by atomic mass is 10.1. The summed E-state index contributed by atoms with van der Waals surface area (Å²) in [6, 6.07) is 16.9. The molecule has 0 aliphatic carbocycles. The van der Waals surface area contributed by atoms with Crippen LogP contribution in [0.15, 0.2) is 60.9 Å². The zero-order chi connectivity index (χ0) is 15.4. The highest BCUT2D eigenvalue weighted by Gasteiger charge is 2.15. The second-order valence-corrected chi connectivity index (χ2v) is 4.88. The van der Waals surface area contributed by atoms with Crippen LogP contribution in [0.25, 0.3) is 5.69 Å². The molecule has 1 atom stereocenters. The van der Waals surface area contributed by atoms with Crippen LogP contribution in [0.5, 0.6) is 0 Å². The number of para-hydroxylation sites is 1. The summed E-state index contributed by atoms with van der Waals surface area (Å²) in [4.78, 5) is 12.6. The molecule has 0 saturated heterocycles. The zero-order valence-electron chi connectivity index (χ0n) is 12.0. The monoisotopic (exact) mass is 293 g/mol. The summed E-state index contributed by atoms with van der Waals surface area (Å²) in [5.41, 5.74) is 2.22. The van der Waals surface area contributed by atoms with Gasteiger partial charge in [-0.1, -0.05) is 42.5 Å². The van der Waals surface area contributed by atoms with Gasteiger partial charge in [0.05, 0.1) is 17.3 Å². The van der Waals surface area contributed by atoms with E-state index in [-0.39, 0.29) is 11.9 Å². The predicted octanol–water partition coefficient (Wildman–Crippen LogP) is 2.15. The Morgan fingerprint density at radius 3 is 2.55 bits per heavy atom. The van der Waals surface area contributed by atoms with E-state index in [4.69, 9.17) is 0 Å². The molecule has 0 radical (unpaired) electrons. The van der Waals surface area contributed by atoms with Gasteiger partial charge in [0.15, 0.2) is 0 Å². The van der Waals surface area contributed by atoms with Crippen LogP contribution < -0.4 is 5.32 Å². The van der Waals surface area contributed by atoms with Gasteiger partial charge in [-0.2, -0.15) is 4.68 Å². The Kier molecular flexibility index (Phi) is 3.91. The van der Waals surface area contributed by atoms with Crippen LogP contribution in [0.3, 0.4) is 0 Å². The molecule has 2 aromatic carbocycles. The van der Waals surface area contributed by atoms with Crippen LogP contribution >= 0.6 is 0 Å². The molecule has 3 aromatic rings. The van der Waals surface area contributed by atoms with Gasteiger partial charge >= 0.3 is 0 Å². The van der Waals surface area contributed by atoms with Crippen molar-refractivity contribution in [2.45, 2.75) is 13.0 Å². The van der Waals surface area contributed by atoms with Gasteiger partial charge in [0.25, 0.3) is 5.91 Å². The molecule has 6 heteroatoms. The van der Waals surface area contributed by atoms with Gasteiger partial charge in [0.1, 0.15) is 6.33 Å². The Morgan fingerprint density at radius 1 is 1.09 bits per heavy atom. The smallest absolute Gasteiger partial charge is 0.253 e. The molecule has 1 N–H and O–H groups in total. The molecule has 0 bridgehead atoms. The number of benzene rings is 2. The van der Waals surface area contributed by atoms with Crippen molar-refractivity contribution in [2.75, 3.05) is 0 Å². The zero-order valence-corrected chi connectivity index (χ0v) is 12.0. The largest absolute Gasteiger partial charge is 0.345 e. The number of tetrazole rings is 1. The molecule has 0 spiro atoms. The summed E-state index contributed by atoms with van der Waals surface area (Å²) in [6.45, 7) is 1.95. The lowest BCUT2D eigenvalue weighted by Gasteiger charge is -2.15. The van der Waals surface area contributed by atoms with Crippen LogP contribution in [0, 0.1) is 0 Å². The summed E-state index contributed by atoms with van der Waals surface area (Å²) in [5.74, 6) is -0.164. The van der Waals surface area contributed by atoms with Crippen LogP contribution in [0.1, 0.15) is 28.9 Å². The average Bonchev–Trinajstić information content (AvgIpc) is 3.10. The van der Waals surface area contributed by atoms with Crippen molar-refractivity contribution in [3.63, 3.8) is 0 Å². The molecule has 6 nitrogen and oxygen atoms in total. The SMILES string of the molecule is CC(NC(=O)c1ccccc1-n1cnnn1)c1ccccc1. The van der Waals surface area contributed by atoms with Crippen molar-refractivity contribution in [2.24, 2.45) is 0 Å². The molecule has 1 unspecified atom stereocenters. The number of hydrogen-bond acceptors (Lipinski definition) is 4. The van der Waals surface area contributed by atoms with Crippen LogP contribution in [-0.4, -0.2) is 26.1 Å². The fourth-order valence-corrected chi connectivity index (χ4v) is 2.24. The lowest BCUT2D eigenvalue weighted by Crippen LogP contribution is -2.27. The second-order valence-electron chi connectivity index (χ2n) is 4.88. The van der Waals surface area contributed by atoms with E-state index in [9.17, 15) is 4.79 Å². The van der Waals surface area contributed by atoms with Crippen molar-refractivity contribution < 1.29 is 4.79 Å². The van der Waals surface area contributed by atoms with E-state index in [2.05, 4.69) is 20.8 Å². The highest BCUT2D eigenvalue weighted by Crippen LogP contribution is 2.16. The third kappa shape index (κ3) is 2.85. The lowest BCUT2D eigenvalue weighted by molar-refractivity contribution is 0.0939. The molecule has 0 saturated carbocycles. The van der Waals surface area contributed by atoms with E-state index in [1.165, 1.54) is 11.0 Å². The first-order valence-corrected chi connectivity index (χ1v) is 6.94. The number of nitrogens with zero attached hydrogens (tertiary/aromatic N) is 4. The Morgan fingerprint density at radius 2 is 1.82 bits per heavy atom. The Bertz CT molecular complexity index is 755. The third-order valence-electron chi connectivity index (χ3n) is 3.39. The number of carbonyl (C=O) groups excluding carboxylic acids is 1. The van der Waals surface area contributed by atoms with Crippen molar-refractivity contribution in [1.82, 2.24) is 25.5 Å². The first kappa shape index (κ1) is 13.9. The first-order valence-electron chi connectivity index (χ1n) is 6.94. The molecule has 3 rings (SSSR count). The normalized spacial score (nSPS) is 11.9. The molecule has 1 heterocycles. The second kappa shape index (κ2) is 6.17. The van der Waals surface area contributed by atoms with Crippen molar-refractivity contribution in [3.05, 3.63) is 72.1 Å². The van der Waals surface area contributed by atoms with E-state index in [1.54, 1.807) is 12.1 Å². The maximum atomic E-state index is 12.6. The maximum absolute atomic E-state index is 12.6. The third-order valence-corrected chi connectivity index (χ3v) is 3.39. The fraction of sp³-hybridized carbons (Fsp3) is 0.125. The van der Waals surface area contributed by atoms with Gasteiger partial charge in [0, 0.05) is 0 Å². The molecule has 0 aliphatic heterocycles. The van der Waals surface area contributed by atoms with Gasteiger partial charge < -0.3 is 5.32 Å². The predicted molar refractivity (Wildman–Crippen MR) is 81.5 cm³/mol. The maximum Gasteiger partial charge on any atom is 0.253 e. The standard InChI is InChI=1S/C16H15N5O/c1-12(13-7-3-2-4-8-13)18-16(22)14-9-5-6-10-15(14)21-11-17-19-20-21/h2-12H,1H3,(H,18,22). The van der Waals surface area contributed by atoms with Gasteiger partial charge in [0.2, 0.25) is 0 Å². The summed E-state index contributed by atoms with van der Waals surface area (Å²) in [7, 11) is 0. The first-order chi connectivity index (χ1) is 10.8. The molecule has 110 valence electrons. The van der Waals surface area contributed by atoms with Gasteiger partial charge in [-0.3, -0.25) is 4.79 Å². The highest BCUT2D eigenvalue weighted by molar-refractivity contribution is 5.97.